The smallest absolute Gasteiger partial charge is 0.406 e. The van der Waals surface area contributed by atoms with Gasteiger partial charge in [0.05, 0.1) is 5.56 Å². The summed E-state index contributed by atoms with van der Waals surface area (Å²) < 4.78 is 16.3. The lowest BCUT2D eigenvalue weighted by atomic mass is 10.0. The fourth-order valence-corrected chi connectivity index (χ4v) is 3.51. The van der Waals surface area contributed by atoms with E-state index in [-0.39, 0.29) is 35.0 Å². The molecule has 0 atom stereocenters. The van der Waals surface area contributed by atoms with Gasteiger partial charge in [0.15, 0.2) is 17.3 Å². The molecule has 0 spiro atoms. The van der Waals surface area contributed by atoms with Gasteiger partial charge in [-0.15, -0.1) is 0 Å². The summed E-state index contributed by atoms with van der Waals surface area (Å²) >= 11 is 0. The van der Waals surface area contributed by atoms with Crippen LogP contribution in [0.2, 0.25) is 0 Å². The number of likely N-dealkylation sites (N-methyl/N-ethyl adjacent to an activating group) is 1. The number of benzene rings is 1. The second-order valence-corrected chi connectivity index (χ2v) is 9.36. The summed E-state index contributed by atoms with van der Waals surface area (Å²) in [5, 5.41) is 0. The average Bonchev–Trinajstić information content (AvgIpc) is 2.85. The highest BCUT2D eigenvalue weighted by Gasteiger charge is 2.28. The second kappa shape index (κ2) is 13.8. The molecule has 1 heterocycles. The number of hydrogen-bond acceptors (Lipinski definition) is 9. The topological polar surface area (TPSA) is 112 Å². The van der Waals surface area contributed by atoms with Gasteiger partial charge >= 0.3 is 18.3 Å². The van der Waals surface area contributed by atoms with Crippen LogP contribution in [0.3, 0.4) is 0 Å². The molecule has 12 nitrogen and oxygen atoms in total. The quantitative estimate of drug-likeness (QED) is 0.452. The Morgan fingerprint density at radius 3 is 1.73 bits per heavy atom. The molecule has 1 aliphatic rings. The Bertz CT molecular complexity index is 972. The third-order valence-electron chi connectivity index (χ3n) is 5.84. The molecule has 1 aromatic rings. The molecule has 0 bridgehead atoms. The number of nitrogens with zero attached hydrogens (tertiary/aromatic N) is 5. The number of rotatable bonds is 9. The first-order valence-electron chi connectivity index (χ1n) is 12.3. The number of Topliss-reactive ketones (excluding diaryl/α,β-unsaturated/α-hetero) is 1. The van der Waals surface area contributed by atoms with E-state index < -0.39 is 18.3 Å². The van der Waals surface area contributed by atoms with Crippen LogP contribution >= 0.6 is 0 Å². The standard InChI is InChI=1S/C25H39N5O7/c1-8-29-14-16-30(17-15-29)13-9-10-19(31)18-11-12-20(35-23(32)26(2)3)22(37-25(34)28(6)7)21(18)36-24(33)27(4)5/h11-12H,8-10,13-17H2,1-7H3. The lowest BCUT2D eigenvalue weighted by Crippen LogP contribution is -2.46. The molecule has 3 amide bonds. The molecule has 1 aliphatic heterocycles. The molecule has 1 fully saturated rings. The highest BCUT2D eigenvalue weighted by Crippen LogP contribution is 2.42. The Morgan fingerprint density at radius 2 is 1.22 bits per heavy atom. The Morgan fingerprint density at radius 1 is 0.730 bits per heavy atom. The minimum absolute atomic E-state index is 0.0530. The van der Waals surface area contributed by atoms with Gasteiger partial charge in [-0.3, -0.25) is 4.79 Å². The maximum absolute atomic E-state index is 13.3. The lowest BCUT2D eigenvalue weighted by Gasteiger charge is -2.33. The number of carbonyl (C=O) groups excluding carboxylic acids is 4. The fourth-order valence-electron chi connectivity index (χ4n) is 3.51. The van der Waals surface area contributed by atoms with E-state index in [1.807, 2.05) is 0 Å². The number of ether oxygens (including phenoxy) is 3. The summed E-state index contributed by atoms with van der Waals surface area (Å²) in [7, 11) is 8.86. The van der Waals surface area contributed by atoms with Crippen molar-refractivity contribution >= 4 is 24.1 Å². The third-order valence-corrected chi connectivity index (χ3v) is 5.84. The molecule has 0 radical (unpaired) electrons. The summed E-state index contributed by atoms with van der Waals surface area (Å²) in [6.45, 7) is 7.84. The summed E-state index contributed by atoms with van der Waals surface area (Å²) in [6, 6.07) is 2.76. The van der Waals surface area contributed by atoms with Crippen molar-refractivity contribution in [3.8, 4) is 17.2 Å². The van der Waals surface area contributed by atoms with Crippen molar-refractivity contribution in [1.29, 1.82) is 0 Å². The Kier molecular flexibility index (Phi) is 11.1. The SMILES string of the molecule is CCN1CCN(CCCC(=O)c2ccc(OC(=O)N(C)C)c(OC(=O)N(C)C)c2OC(=O)N(C)C)CC1. The lowest BCUT2D eigenvalue weighted by molar-refractivity contribution is 0.0959. The molecule has 2 rings (SSSR count). The highest BCUT2D eigenvalue weighted by atomic mass is 16.6. The summed E-state index contributed by atoms with van der Waals surface area (Å²) in [5.74, 6) is -1.06. The zero-order valence-corrected chi connectivity index (χ0v) is 22.9. The monoisotopic (exact) mass is 521 g/mol. The Hall–Kier alpha value is -3.38. The van der Waals surface area contributed by atoms with Gasteiger partial charge in [-0.05, 0) is 31.6 Å². The predicted molar refractivity (Wildman–Crippen MR) is 138 cm³/mol. The van der Waals surface area contributed by atoms with Crippen LogP contribution in [0.15, 0.2) is 12.1 Å². The van der Waals surface area contributed by atoms with E-state index in [1.165, 1.54) is 64.2 Å². The van der Waals surface area contributed by atoms with Crippen LogP contribution in [0.5, 0.6) is 17.2 Å². The van der Waals surface area contributed by atoms with Crippen molar-refractivity contribution < 1.29 is 33.4 Å². The van der Waals surface area contributed by atoms with E-state index in [0.29, 0.717) is 6.42 Å². The van der Waals surface area contributed by atoms with E-state index in [0.717, 1.165) is 44.2 Å². The largest absolute Gasteiger partial charge is 0.414 e. The molecular formula is C25H39N5O7. The van der Waals surface area contributed by atoms with Gasteiger partial charge in [0.2, 0.25) is 5.75 Å². The number of piperazine rings is 1. The summed E-state index contributed by atoms with van der Waals surface area (Å²) in [6.07, 6.45) is -1.54. The van der Waals surface area contributed by atoms with Gasteiger partial charge in [0.1, 0.15) is 0 Å². The molecular weight excluding hydrogens is 482 g/mol. The van der Waals surface area contributed by atoms with Crippen molar-refractivity contribution in [2.24, 2.45) is 0 Å². The van der Waals surface area contributed by atoms with Crippen LogP contribution in [-0.4, -0.2) is 130 Å². The maximum Gasteiger partial charge on any atom is 0.414 e. The van der Waals surface area contributed by atoms with Crippen molar-refractivity contribution in [3.63, 3.8) is 0 Å². The van der Waals surface area contributed by atoms with Crippen LogP contribution in [0, 0.1) is 0 Å². The number of hydrogen-bond donors (Lipinski definition) is 0. The van der Waals surface area contributed by atoms with Gasteiger partial charge in [0.25, 0.3) is 0 Å². The molecule has 1 aromatic carbocycles. The maximum atomic E-state index is 13.3. The molecule has 0 saturated carbocycles. The van der Waals surface area contributed by atoms with Crippen LogP contribution in [0.4, 0.5) is 14.4 Å². The van der Waals surface area contributed by atoms with Crippen molar-refractivity contribution in [1.82, 2.24) is 24.5 Å². The van der Waals surface area contributed by atoms with Crippen LogP contribution in [0.25, 0.3) is 0 Å². The van der Waals surface area contributed by atoms with E-state index in [4.69, 9.17) is 14.2 Å². The van der Waals surface area contributed by atoms with Gasteiger partial charge in [-0.25, -0.2) is 14.4 Å². The van der Waals surface area contributed by atoms with Gasteiger partial charge in [-0.2, -0.15) is 0 Å². The molecule has 206 valence electrons. The zero-order chi connectivity index (χ0) is 27.7. The molecule has 12 heteroatoms. The van der Waals surface area contributed by atoms with Crippen molar-refractivity contribution in [3.05, 3.63) is 17.7 Å². The predicted octanol–water partition coefficient (Wildman–Crippen LogP) is 2.47. The van der Waals surface area contributed by atoms with Crippen LogP contribution in [0.1, 0.15) is 30.1 Å². The first-order chi connectivity index (χ1) is 17.4. The van der Waals surface area contributed by atoms with E-state index in [9.17, 15) is 19.2 Å². The molecule has 0 aromatic heterocycles. The molecule has 0 aliphatic carbocycles. The average molecular weight is 522 g/mol. The minimum Gasteiger partial charge on any atom is -0.406 e. The minimum atomic E-state index is -0.805. The van der Waals surface area contributed by atoms with Crippen LogP contribution < -0.4 is 14.2 Å². The summed E-state index contributed by atoms with van der Waals surface area (Å²) in [5.41, 5.74) is 0.0530. The van der Waals surface area contributed by atoms with Crippen LogP contribution in [-0.2, 0) is 0 Å². The van der Waals surface area contributed by atoms with Gasteiger partial charge in [0, 0.05) is 74.9 Å². The number of amides is 3. The van der Waals surface area contributed by atoms with Crippen molar-refractivity contribution in [2.75, 3.05) is 81.6 Å². The first-order valence-corrected chi connectivity index (χ1v) is 12.3. The van der Waals surface area contributed by atoms with Crippen molar-refractivity contribution in [2.45, 2.75) is 19.8 Å². The van der Waals surface area contributed by atoms with Gasteiger partial charge < -0.3 is 38.7 Å². The van der Waals surface area contributed by atoms with Gasteiger partial charge in [-0.1, -0.05) is 6.92 Å². The molecule has 37 heavy (non-hydrogen) atoms. The normalized spacial score (nSPS) is 14.0. The molecule has 0 N–H and O–H groups in total. The number of ketones is 1. The highest BCUT2D eigenvalue weighted by molar-refractivity contribution is 6.01. The Labute approximate surface area is 218 Å². The Balaban J connectivity index is 2.35. The van der Waals surface area contributed by atoms with E-state index in [1.54, 1.807) is 0 Å². The first kappa shape index (κ1) is 29.8. The second-order valence-electron chi connectivity index (χ2n) is 9.36. The third kappa shape index (κ3) is 8.60. The zero-order valence-electron chi connectivity index (χ0n) is 22.9. The van der Waals surface area contributed by atoms with E-state index >= 15 is 0 Å². The summed E-state index contributed by atoms with van der Waals surface area (Å²) in [4.78, 5) is 58.6. The number of carbonyl (C=O) groups is 4. The molecule has 0 unspecified atom stereocenters. The molecule has 1 saturated heterocycles. The van der Waals surface area contributed by atoms with E-state index in [2.05, 4.69) is 16.7 Å². The fraction of sp³-hybridized carbons (Fsp3) is 0.600.